The molecule has 0 aliphatic rings. The second kappa shape index (κ2) is 7.09. The third-order valence-corrected chi connectivity index (χ3v) is 2.85. The minimum Gasteiger partial charge on any atom is -0.392 e. The Labute approximate surface area is 113 Å². The predicted molar refractivity (Wildman–Crippen MR) is 73.5 cm³/mol. The molecule has 5 heteroatoms. The van der Waals surface area contributed by atoms with Crippen molar-refractivity contribution < 1.29 is 14.3 Å². The van der Waals surface area contributed by atoms with Gasteiger partial charge in [0.15, 0.2) is 0 Å². The summed E-state index contributed by atoms with van der Waals surface area (Å²) in [5, 5.41) is 8.97. The SMILES string of the molecule is CCCN(CC(=O)N(C)C)c1ccc(CO)cc1F. The number of halogens is 1. The van der Waals surface area contributed by atoms with Crippen LogP contribution in [0, 0.1) is 5.82 Å². The number of nitrogens with zero attached hydrogens (tertiary/aromatic N) is 2. The zero-order valence-corrected chi connectivity index (χ0v) is 11.7. The zero-order chi connectivity index (χ0) is 14.4. The van der Waals surface area contributed by atoms with E-state index < -0.39 is 5.82 Å². The second-order valence-corrected chi connectivity index (χ2v) is 4.65. The maximum absolute atomic E-state index is 14.0. The van der Waals surface area contributed by atoms with Gasteiger partial charge in [0.25, 0.3) is 0 Å². The number of amides is 1. The maximum Gasteiger partial charge on any atom is 0.241 e. The molecule has 1 N–H and O–H groups in total. The van der Waals surface area contributed by atoms with Crippen LogP contribution in [-0.2, 0) is 11.4 Å². The van der Waals surface area contributed by atoms with Crippen molar-refractivity contribution in [3.05, 3.63) is 29.6 Å². The van der Waals surface area contributed by atoms with Gasteiger partial charge >= 0.3 is 0 Å². The third kappa shape index (κ3) is 4.21. The van der Waals surface area contributed by atoms with Gasteiger partial charge in [0.05, 0.1) is 18.8 Å². The minimum absolute atomic E-state index is 0.0703. The Morgan fingerprint density at radius 2 is 2.05 bits per heavy atom. The Balaban J connectivity index is 2.95. The lowest BCUT2D eigenvalue weighted by atomic mass is 10.2. The van der Waals surface area contributed by atoms with E-state index in [0.717, 1.165) is 6.42 Å². The molecule has 1 aromatic rings. The van der Waals surface area contributed by atoms with E-state index in [9.17, 15) is 9.18 Å². The molecule has 4 nitrogen and oxygen atoms in total. The van der Waals surface area contributed by atoms with E-state index in [1.165, 1.54) is 11.0 Å². The van der Waals surface area contributed by atoms with E-state index in [0.29, 0.717) is 17.8 Å². The van der Waals surface area contributed by atoms with Crippen LogP contribution < -0.4 is 4.90 Å². The first-order chi connectivity index (χ1) is 8.99. The van der Waals surface area contributed by atoms with E-state index in [-0.39, 0.29) is 19.1 Å². The Kier molecular flexibility index (Phi) is 5.76. The van der Waals surface area contributed by atoms with Gasteiger partial charge in [0.2, 0.25) is 5.91 Å². The molecule has 0 aromatic heterocycles. The monoisotopic (exact) mass is 268 g/mol. The van der Waals surface area contributed by atoms with Gasteiger partial charge in [-0.25, -0.2) is 4.39 Å². The normalized spacial score (nSPS) is 10.4. The first kappa shape index (κ1) is 15.4. The number of benzene rings is 1. The van der Waals surface area contributed by atoms with Crippen LogP contribution in [0.1, 0.15) is 18.9 Å². The molecular formula is C14H21FN2O2. The van der Waals surface area contributed by atoms with E-state index in [1.54, 1.807) is 31.1 Å². The number of rotatable bonds is 6. The molecule has 0 saturated heterocycles. The van der Waals surface area contributed by atoms with Gasteiger partial charge in [-0.3, -0.25) is 4.79 Å². The standard InChI is InChI=1S/C14H21FN2O2/c1-4-7-17(9-14(19)16(2)3)13-6-5-11(10-18)8-12(13)15/h5-6,8,18H,4,7,9-10H2,1-3H3. The molecule has 0 saturated carbocycles. The van der Waals surface area contributed by atoms with Crippen molar-refractivity contribution >= 4 is 11.6 Å². The predicted octanol–water partition coefficient (Wildman–Crippen LogP) is 1.62. The van der Waals surface area contributed by atoms with Crippen LogP contribution in [0.3, 0.4) is 0 Å². The van der Waals surface area contributed by atoms with Crippen molar-refractivity contribution in [3.63, 3.8) is 0 Å². The zero-order valence-electron chi connectivity index (χ0n) is 11.7. The number of carbonyl (C=O) groups excluding carboxylic acids is 1. The highest BCUT2D eigenvalue weighted by Crippen LogP contribution is 2.21. The van der Waals surface area contributed by atoms with E-state index >= 15 is 0 Å². The van der Waals surface area contributed by atoms with Gasteiger partial charge in [0, 0.05) is 20.6 Å². The highest BCUT2D eigenvalue weighted by atomic mass is 19.1. The summed E-state index contributed by atoms with van der Waals surface area (Å²) in [6.07, 6.45) is 0.821. The first-order valence-electron chi connectivity index (χ1n) is 6.34. The summed E-state index contributed by atoms with van der Waals surface area (Å²) in [6, 6.07) is 4.58. The summed E-state index contributed by atoms with van der Waals surface area (Å²) in [6.45, 7) is 2.54. The summed E-state index contributed by atoms with van der Waals surface area (Å²) in [4.78, 5) is 15.0. The Bertz CT molecular complexity index is 435. The molecule has 0 heterocycles. The topological polar surface area (TPSA) is 43.8 Å². The minimum atomic E-state index is -0.411. The van der Waals surface area contributed by atoms with Crippen LogP contribution in [0.25, 0.3) is 0 Å². The molecule has 0 spiro atoms. The fourth-order valence-electron chi connectivity index (χ4n) is 1.76. The van der Waals surface area contributed by atoms with Crippen molar-refractivity contribution in [2.24, 2.45) is 0 Å². The van der Waals surface area contributed by atoms with Crippen molar-refractivity contribution in [1.29, 1.82) is 0 Å². The second-order valence-electron chi connectivity index (χ2n) is 4.65. The quantitative estimate of drug-likeness (QED) is 0.852. The third-order valence-electron chi connectivity index (χ3n) is 2.85. The average molecular weight is 268 g/mol. The summed E-state index contributed by atoms with van der Waals surface area (Å²) >= 11 is 0. The molecule has 0 unspecified atom stereocenters. The summed E-state index contributed by atoms with van der Waals surface area (Å²) < 4.78 is 14.0. The number of hydrogen-bond acceptors (Lipinski definition) is 3. The van der Waals surface area contributed by atoms with Gasteiger partial charge in [0.1, 0.15) is 5.82 Å². The molecule has 0 fully saturated rings. The molecule has 1 rings (SSSR count). The van der Waals surface area contributed by atoms with Crippen LogP contribution in [0.4, 0.5) is 10.1 Å². The molecule has 0 aliphatic heterocycles. The fraction of sp³-hybridized carbons (Fsp3) is 0.500. The fourth-order valence-corrected chi connectivity index (χ4v) is 1.76. The van der Waals surface area contributed by atoms with Crippen LogP contribution in [0.2, 0.25) is 0 Å². The largest absolute Gasteiger partial charge is 0.392 e. The summed E-state index contributed by atoms with van der Waals surface area (Å²) in [5.74, 6) is -0.481. The highest BCUT2D eigenvalue weighted by molar-refractivity contribution is 5.81. The highest BCUT2D eigenvalue weighted by Gasteiger charge is 2.16. The molecule has 106 valence electrons. The molecule has 1 aromatic carbocycles. The van der Waals surface area contributed by atoms with Crippen molar-refractivity contribution in [2.75, 3.05) is 32.1 Å². The lowest BCUT2D eigenvalue weighted by molar-refractivity contribution is -0.127. The van der Waals surface area contributed by atoms with Gasteiger partial charge in [-0.15, -0.1) is 0 Å². The first-order valence-corrected chi connectivity index (χ1v) is 6.34. The molecule has 0 radical (unpaired) electrons. The molecule has 19 heavy (non-hydrogen) atoms. The summed E-state index contributed by atoms with van der Waals surface area (Å²) in [7, 11) is 3.36. The number of hydrogen-bond donors (Lipinski definition) is 1. The smallest absolute Gasteiger partial charge is 0.241 e. The van der Waals surface area contributed by atoms with Gasteiger partial charge in [-0.05, 0) is 24.1 Å². The molecule has 0 atom stereocenters. The average Bonchev–Trinajstić information content (AvgIpc) is 2.37. The van der Waals surface area contributed by atoms with Crippen LogP contribution in [0.5, 0.6) is 0 Å². The van der Waals surface area contributed by atoms with Crippen molar-refractivity contribution in [3.8, 4) is 0 Å². The van der Waals surface area contributed by atoms with E-state index in [1.807, 2.05) is 6.92 Å². The van der Waals surface area contributed by atoms with Crippen molar-refractivity contribution in [1.82, 2.24) is 4.90 Å². The molecule has 1 amide bonds. The summed E-state index contributed by atoms with van der Waals surface area (Å²) in [5.41, 5.74) is 0.922. The van der Waals surface area contributed by atoms with Crippen LogP contribution >= 0.6 is 0 Å². The Hall–Kier alpha value is -1.62. The van der Waals surface area contributed by atoms with E-state index in [4.69, 9.17) is 5.11 Å². The lowest BCUT2D eigenvalue weighted by Gasteiger charge is -2.25. The number of aliphatic hydroxyl groups is 1. The van der Waals surface area contributed by atoms with Crippen molar-refractivity contribution in [2.45, 2.75) is 20.0 Å². The van der Waals surface area contributed by atoms with E-state index in [2.05, 4.69) is 0 Å². The number of carbonyl (C=O) groups is 1. The number of anilines is 1. The maximum atomic E-state index is 14.0. The van der Waals surface area contributed by atoms with Gasteiger partial charge < -0.3 is 14.9 Å². The molecule has 0 bridgehead atoms. The lowest BCUT2D eigenvalue weighted by Crippen LogP contribution is -2.37. The molecular weight excluding hydrogens is 247 g/mol. The molecule has 0 aliphatic carbocycles. The number of aliphatic hydroxyl groups excluding tert-OH is 1. The Morgan fingerprint density at radius 3 is 2.53 bits per heavy atom. The van der Waals surface area contributed by atoms with Gasteiger partial charge in [-0.1, -0.05) is 13.0 Å². The number of likely N-dealkylation sites (N-methyl/N-ethyl adjacent to an activating group) is 1. The van der Waals surface area contributed by atoms with Crippen LogP contribution in [0.15, 0.2) is 18.2 Å². The van der Waals surface area contributed by atoms with Crippen LogP contribution in [-0.4, -0.2) is 43.1 Å². The van der Waals surface area contributed by atoms with Gasteiger partial charge in [-0.2, -0.15) is 0 Å². The Morgan fingerprint density at radius 1 is 1.37 bits per heavy atom.